The molecule has 120 valence electrons. The van der Waals surface area contributed by atoms with Crippen molar-refractivity contribution in [2.24, 2.45) is 0 Å². The van der Waals surface area contributed by atoms with Gasteiger partial charge in [-0.2, -0.15) is 0 Å². The molecule has 2 amide bonds. The molecule has 0 fully saturated rings. The lowest BCUT2D eigenvalue weighted by Crippen LogP contribution is -2.33. The number of hydrogen-bond donors (Lipinski definition) is 0. The maximum Gasteiger partial charge on any atom is 0.364 e. The fourth-order valence-corrected chi connectivity index (χ4v) is 2.97. The summed E-state index contributed by atoms with van der Waals surface area (Å²) in [6.45, 7) is 0.909. The van der Waals surface area contributed by atoms with Crippen LogP contribution >= 0.6 is 0 Å². The Morgan fingerprint density at radius 1 is 1.00 bits per heavy atom. The molecule has 0 aromatic heterocycles. The molecule has 0 unspecified atom stereocenters. The first-order valence-electron chi connectivity index (χ1n) is 7.55. The predicted molar refractivity (Wildman–Crippen MR) is 82.2 cm³/mol. The Bertz CT molecular complexity index is 838. The lowest BCUT2D eigenvalue weighted by molar-refractivity contribution is -0.0587. The first-order valence-corrected chi connectivity index (χ1v) is 7.55. The van der Waals surface area contributed by atoms with Gasteiger partial charge in [0.2, 0.25) is 0 Å². The molecule has 0 atom stereocenters. The molecule has 0 spiro atoms. The second-order valence-corrected chi connectivity index (χ2v) is 5.57. The minimum Gasteiger partial charge on any atom is -0.376 e. The van der Waals surface area contributed by atoms with Crippen molar-refractivity contribution in [1.82, 2.24) is 5.06 Å². The smallest absolute Gasteiger partial charge is 0.364 e. The number of rotatable bonds is 2. The van der Waals surface area contributed by atoms with E-state index in [1.165, 1.54) is 12.1 Å². The number of nitrogens with zero attached hydrogens (tertiary/aromatic N) is 1. The van der Waals surface area contributed by atoms with Gasteiger partial charge in [0, 0.05) is 0 Å². The highest BCUT2D eigenvalue weighted by Crippen LogP contribution is 2.25. The maximum absolute atomic E-state index is 12.5. The number of amides is 2. The van der Waals surface area contributed by atoms with E-state index in [-0.39, 0.29) is 11.1 Å². The van der Waals surface area contributed by atoms with Gasteiger partial charge in [-0.05, 0) is 35.7 Å². The Kier molecular flexibility index (Phi) is 3.39. The van der Waals surface area contributed by atoms with Gasteiger partial charge in [-0.25, -0.2) is 4.79 Å². The topological polar surface area (TPSA) is 72.9 Å². The van der Waals surface area contributed by atoms with Crippen LogP contribution < -0.4 is 0 Å². The van der Waals surface area contributed by atoms with Crippen LogP contribution in [0, 0.1) is 0 Å². The SMILES string of the molecule is O=C(ON1C(=O)c2ccccc2C1=O)c1cccc2c1COCC2. The molecule has 2 aromatic carbocycles. The Balaban J connectivity index is 1.62. The molecule has 2 heterocycles. The molecule has 2 aliphatic rings. The first-order chi connectivity index (χ1) is 11.7. The Morgan fingerprint density at radius 2 is 1.71 bits per heavy atom. The van der Waals surface area contributed by atoms with Crippen LogP contribution in [-0.2, 0) is 22.6 Å². The molecule has 2 aliphatic heterocycles. The third kappa shape index (κ3) is 2.19. The summed E-state index contributed by atoms with van der Waals surface area (Å²) in [5.41, 5.74) is 2.52. The number of carbonyl (C=O) groups excluding carboxylic acids is 3. The van der Waals surface area contributed by atoms with E-state index in [1.807, 2.05) is 6.07 Å². The predicted octanol–water partition coefficient (Wildman–Crippen LogP) is 2.13. The van der Waals surface area contributed by atoms with E-state index in [0.717, 1.165) is 11.1 Å². The van der Waals surface area contributed by atoms with E-state index in [2.05, 4.69) is 0 Å². The molecule has 0 N–H and O–H groups in total. The van der Waals surface area contributed by atoms with Crippen LogP contribution in [0.5, 0.6) is 0 Å². The Morgan fingerprint density at radius 3 is 2.42 bits per heavy atom. The van der Waals surface area contributed by atoms with Crippen molar-refractivity contribution in [3.8, 4) is 0 Å². The summed E-state index contributed by atoms with van der Waals surface area (Å²) in [6, 6.07) is 11.7. The van der Waals surface area contributed by atoms with Crippen molar-refractivity contribution in [2.75, 3.05) is 6.61 Å². The van der Waals surface area contributed by atoms with E-state index >= 15 is 0 Å². The molecule has 0 radical (unpaired) electrons. The van der Waals surface area contributed by atoms with E-state index < -0.39 is 17.8 Å². The summed E-state index contributed by atoms with van der Waals surface area (Å²) >= 11 is 0. The largest absolute Gasteiger partial charge is 0.376 e. The molecule has 6 heteroatoms. The standard InChI is InChI=1S/C18H13NO5/c20-16-12-5-1-2-6-13(12)17(21)19(16)24-18(22)14-7-3-4-11-8-9-23-10-15(11)14/h1-7H,8-10H2. The highest BCUT2D eigenvalue weighted by molar-refractivity contribution is 6.21. The number of carbonyl (C=O) groups is 3. The van der Waals surface area contributed by atoms with Crippen LogP contribution in [0.2, 0.25) is 0 Å². The molecule has 0 bridgehead atoms. The third-order valence-corrected chi connectivity index (χ3v) is 4.19. The summed E-state index contributed by atoms with van der Waals surface area (Å²) in [4.78, 5) is 42.1. The number of hydroxylamine groups is 2. The molecule has 0 saturated heterocycles. The molecule has 24 heavy (non-hydrogen) atoms. The van der Waals surface area contributed by atoms with E-state index in [4.69, 9.17) is 9.57 Å². The van der Waals surface area contributed by atoms with Crippen molar-refractivity contribution in [2.45, 2.75) is 13.0 Å². The van der Waals surface area contributed by atoms with Crippen LogP contribution in [0.3, 0.4) is 0 Å². The summed E-state index contributed by atoms with van der Waals surface area (Å²) in [5.74, 6) is -2.01. The number of fused-ring (bicyclic) bond motifs is 2. The highest BCUT2D eigenvalue weighted by Gasteiger charge is 2.39. The van der Waals surface area contributed by atoms with Gasteiger partial charge in [0.1, 0.15) is 0 Å². The fraction of sp³-hybridized carbons (Fsp3) is 0.167. The number of ether oxygens (including phenoxy) is 1. The summed E-state index contributed by atoms with van der Waals surface area (Å²) in [5, 5.41) is 0.524. The summed E-state index contributed by atoms with van der Waals surface area (Å²) < 4.78 is 5.39. The zero-order chi connectivity index (χ0) is 16.7. The minimum absolute atomic E-state index is 0.230. The normalized spacial score (nSPS) is 15.9. The van der Waals surface area contributed by atoms with Gasteiger partial charge in [-0.3, -0.25) is 9.59 Å². The first kappa shape index (κ1) is 14.6. The molecule has 6 nitrogen and oxygen atoms in total. The summed E-state index contributed by atoms with van der Waals surface area (Å²) in [7, 11) is 0. The molecule has 2 aromatic rings. The van der Waals surface area contributed by atoms with E-state index in [0.29, 0.717) is 30.3 Å². The number of hydrogen-bond acceptors (Lipinski definition) is 5. The van der Waals surface area contributed by atoms with Crippen molar-refractivity contribution in [3.63, 3.8) is 0 Å². The van der Waals surface area contributed by atoms with Gasteiger partial charge in [0.25, 0.3) is 11.8 Å². The summed E-state index contributed by atoms with van der Waals surface area (Å²) in [6.07, 6.45) is 0.712. The highest BCUT2D eigenvalue weighted by atomic mass is 16.7. The number of imide groups is 1. The number of benzene rings is 2. The van der Waals surface area contributed by atoms with Crippen LogP contribution in [0.4, 0.5) is 0 Å². The lowest BCUT2D eigenvalue weighted by atomic mass is 9.98. The quantitative estimate of drug-likeness (QED) is 0.792. The second kappa shape index (κ2) is 5.58. The molecular weight excluding hydrogens is 310 g/mol. The van der Waals surface area contributed by atoms with Crippen molar-refractivity contribution < 1.29 is 24.0 Å². The average Bonchev–Trinajstić information content (AvgIpc) is 2.86. The monoisotopic (exact) mass is 323 g/mol. The van der Waals surface area contributed by atoms with Gasteiger partial charge in [0.15, 0.2) is 0 Å². The van der Waals surface area contributed by atoms with Crippen LogP contribution in [0.15, 0.2) is 42.5 Å². The average molecular weight is 323 g/mol. The lowest BCUT2D eigenvalue weighted by Gasteiger charge is -2.20. The van der Waals surface area contributed by atoms with Gasteiger partial charge in [-0.1, -0.05) is 29.3 Å². The van der Waals surface area contributed by atoms with Crippen LogP contribution in [0.1, 0.15) is 42.2 Å². The Labute approximate surface area is 137 Å². The zero-order valence-electron chi connectivity index (χ0n) is 12.7. The van der Waals surface area contributed by atoms with Gasteiger partial charge >= 0.3 is 5.97 Å². The van der Waals surface area contributed by atoms with Gasteiger partial charge in [0.05, 0.1) is 29.9 Å². The van der Waals surface area contributed by atoms with Gasteiger partial charge in [-0.15, -0.1) is 0 Å². The molecular formula is C18H13NO5. The molecule has 0 aliphatic carbocycles. The van der Waals surface area contributed by atoms with E-state index in [9.17, 15) is 14.4 Å². The van der Waals surface area contributed by atoms with Crippen LogP contribution in [-0.4, -0.2) is 29.5 Å². The van der Waals surface area contributed by atoms with Crippen molar-refractivity contribution in [3.05, 3.63) is 70.3 Å². The van der Waals surface area contributed by atoms with Crippen molar-refractivity contribution in [1.29, 1.82) is 0 Å². The third-order valence-electron chi connectivity index (χ3n) is 4.19. The molecule has 4 rings (SSSR count). The zero-order valence-corrected chi connectivity index (χ0v) is 12.7. The fourth-order valence-electron chi connectivity index (χ4n) is 2.97. The molecule has 0 saturated carbocycles. The maximum atomic E-state index is 12.5. The van der Waals surface area contributed by atoms with Crippen molar-refractivity contribution >= 4 is 17.8 Å². The van der Waals surface area contributed by atoms with E-state index in [1.54, 1.807) is 24.3 Å². The van der Waals surface area contributed by atoms with Crippen LogP contribution in [0.25, 0.3) is 0 Å². The van der Waals surface area contributed by atoms with Gasteiger partial charge < -0.3 is 9.57 Å². The minimum atomic E-state index is -0.744. The Hall–Kier alpha value is -2.99. The second-order valence-electron chi connectivity index (χ2n) is 5.57.